The van der Waals surface area contributed by atoms with E-state index < -0.39 is 0 Å². The van der Waals surface area contributed by atoms with Gasteiger partial charge in [0, 0.05) is 12.0 Å². The van der Waals surface area contributed by atoms with Crippen LogP contribution in [0.25, 0.3) is 0 Å². The fourth-order valence-electron chi connectivity index (χ4n) is 9.15. The van der Waals surface area contributed by atoms with Crippen molar-refractivity contribution in [1.29, 1.82) is 0 Å². The van der Waals surface area contributed by atoms with Crippen molar-refractivity contribution in [3.8, 4) is 0 Å². The van der Waals surface area contributed by atoms with Crippen LogP contribution < -0.4 is 0 Å². The van der Waals surface area contributed by atoms with E-state index in [9.17, 15) is 9.90 Å². The molecule has 2 nitrogen and oxygen atoms in total. The van der Waals surface area contributed by atoms with Crippen molar-refractivity contribution in [1.82, 2.24) is 0 Å². The number of aliphatic hydroxyl groups is 1. The molecule has 4 rings (SSSR count). The Morgan fingerprint density at radius 3 is 2.43 bits per heavy atom. The molecule has 30 heavy (non-hydrogen) atoms. The number of ketones is 1. The first-order chi connectivity index (χ1) is 14.2. The van der Waals surface area contributed by atoms with Crippen LogP contribution in [0.3, 0.4) is 0 Å². The molecule has 0 bridgehead atoms. The summed E-state index contributed by atoms with van der Waals surface area (Å²) < 4.78 is 0. The van der Waals surface area contributed by atoms with E-state index >= 15 is 0 Å². The molecule has 4 saturated carbocycles. The number of carbonyl (C=O) groups is 1. The number of carbonyl (C=O) groups excluding carboxylic acids is 1. The number of rotatable bonds is 5. The fraction of sp³-hybridized carbons (Fsp3) is 0.893. The van der Waals surface area contributed by atoms with Gasteiger partial charge in [0.05, 0.1) is 6.26 Å². The van der Waals surface area contributed by atoms with Gasteiger partial charge in [-0.1, -0.05) is 53.9 Å². The largest absolute Gasteiger partial charge is 0.515 e. The van der Waals surface area contributed by atoms with Crippen LogP contribution in [0, 0.1) is 52.3 Å². The third-order valence-electron chi connectivity index (χ3n) is 10.8. The molecule has 4 aliphatic rings. The van der Waals surface area contributed by atoms with Crippen molar-refractivity contribution in [2.75, 3.05) is 0 Å². The van der Waals surface area contributed by atoms with Crippen molar-refractivity contribution in [3.05, 3.63) is 11.8 Å². The predicted octanol–water partition coefficient (Wildman–Crippen LogP) is 7.73. The molecule has 0 aromatic rings. The first-order valence-electron chi connectivity index (χ1n) is 13.1. The van der Waals surface area contributed by atoms with E-state index in [4.69, 9.17) is 0 Å². The van der Waals surface area contributed by atoms with Gasteiger partial charge in [-0.25, -0.2) is 0 Å². The Bertz CT molecular complexity index is 678. The highest BCUT2D eigenvalue weighted by Crippen LogP contribution is 2.68. The monoisotopic (exact) mass is 414 g/mol. The molecule has 2 heteroatoms. The lowest BCUT2D eigenvalue weighted by Gasteiger charge is -2.60. The van der Waals surface area contributed by atoms with Crippen LogP contribution in [0.1, 0.15) is 105 Å². The molecular weight excluding hydrogens is 368 g/mol. The first kappa shape index (κ1) is 22.4. The standard InChI is InChI=1S/C28H46O2/c1-18(2)7-6-8-19(3)23-11-12-24-22-10-9-21-15-26(30)20(17-29)16-28(21,5)25(22)13-14-27(23,24)4/h17-19,21-25,29H,6-16H2,1-5H3/t19-,21+,22+,23-,24+,25+,27-,28+/m1/s1. The minimum absolute atomic E-state index is 0.204. The average Bonchev–Trinajstić information content (AvgIpc) is 3.05. The number of allylic oxidation sites excluding steroid dienone is 1. The molecular formula is C28H46O2. The van der Waals surface area contributed by atoms with Gasteiger partial charge in [-0.05, 0) is 97.2 Å². The second kappa shape index (κ2) is 8.28. The van der Waals surface area contributed by atoms with Gasteiger partial charge in [-0.2, -0.15) is 0 Å². The second-order valence-electron chi connectivity index (χ2n) is 12.6. The van der Waals surface area contributed by atoms with E-state index in [2.05, 4.69) is 34.6 Å². The highest BCUT2D eigenvalue weighted by molar-refractivity contribution is 5.96. The molecule has 170 valence electrons. The number of hydrogen-bond acceptors (Lipinski definition) is 2. The van der Waals surface area contributed by atoms with Crippen molar-refractivity contribution < 1.29 is 9.90 Å². The summed E-state index contributed by atoms with van der Waals surface area (Å²) in [4.78, 5) is 12.4. The Morgan fingerprint density at radius 2 is 1.73 bits per heavy atom. The molecule has 0 aliphatic heterocycles. The lowest BCUT2D eigenvalue weighted by molar-refractivity contribution is -0.133. The molecule has 0 aromatic heterocycles. The van der Waals surface area contributed by atoms with Gasteiger partial charge in [-0.3, -0.25) is 4.79 Å². The molecule has 0 heterocycles. The molecule has 4 aliphatic carbocycles. The zero-order chi connectivity index (χ0) is 21.7. The number of fused-ring (bicyclic) bond motifs is 5. The maximum atomic E-state index is 12.4. The summed E-state index contributed by atoms with van der Waals surface area (Å²) in [7, 11) is 0. The van der Waals surface area contributed by atoms with Crippen LogP contribution >= 0.6 is 0 Å². The van der Waals surface area contributed by atoms with Gasteiger partial charge >= 0.3 is 0 Å². The zero-order valence-corrected chi connectivity index (χ0v) is 20.3. The van der Waals surface area contributed by atoms with E-state index in [0.717, 1.165) is 48.2 Å². The second-order valence-corrected chi connectivity index (χ2v) is 12.6. The number of hydrogen-bond donors (Lipinski definition) is 1. The van der Waals surface area contributed by atoms with Gasteiger partial charge in [0.15, 0.2) is 5.78 Å². The number of Topliss-reactive ketones (excluding diaryl/α,β-unsaturated/α-hetero) is 1. The van der Waals surface area contributed by atoms with Gasteiger partial charge < -0.3 is 5.11 Å². The van der Waals surface area contributed by atoms with Gasteiger partial charge in [-0.15, -0.1) is 0 Å². The summed E-state index contributed by atoms with van der Waals surface area (Å²) in [6, 6.07) is 0. The molecule has 0 unspecified atom stereocenters. The first-order valence-corrected chi connectivity index (χ1v) is 13.1. The van der Waals surface area contributed by atoms with Crippen LogP contribution in [0.5, 0.6) is 0 Å². The molecule has 1 N–H and O–H groups in total. The zero-order valence-electron chi connectivity index (χ0n) is 20.3. The quantitative estimate of drug-likeness (QED) is 0.369. The molecule has 8 atom stereocenters. The highest BCUT2D eigenvalue weighted by atomic mass is 16.2. The van der Waals surface area contributed by atoms with Crippen molar-refractivity contribution in [2.45, 2.75) is 105 Å². The minimum atomic E-state index is 0.204. The van der Waals surface area contributed by atoms with Gasteiger partial charge in [0.25, 0.3) is 0 Å². The van der Waals surface area contributed by atoms with E-state index in [1.807, 2.05) is 0 Å². The molecule has 0 amide bonds. The smallest absolute Gasteiger partial charge is 0.162 e. The highest BCUT2D eigenvalue weighted by Gasteiger charge is 2.61. The topological polar surface area (TPSA) is 37.3 Å². The Hall–Kier alpha value is -0.790. The van der Waals surface area contributed by atoms with Crippen LogP contribution in [0.15, 0.2) is 11.8 Å². The molecule has 0 saturated heterocycles. The summed E-state index contributed by atoms with van der Waals surface area (Å²) in [5, 5.41) is 9.67. The predicted molar refractivity (Wildman–Crippen MR) is 124 cm³/mol. The molecule has 0 radical (unpaired) electrons. The van der Waals surface area contributed by atoms with E-state index in [-0.39, 0.29) is 11.2 Å². The van der Waals surface area contributed by atoms with E-state index in [0.29, 0.717) is 23.3 Å². The summed E-state index contributed by atoms with van der Waals surface area (Å²) in [6.45, 7) is 12.4. The lowest BCUT2D eigenvalue weighted by Crippen LogP contribution is -2.54. The van der Waals surface area contributed by atoms with Crippen molar-refractivity contribution in [3.63, 3.8) is 0 Å². The van der Waals surface area contributed by atoms with Crippen LogP contribution in [-0.2, 0) is 4.79 Å². The Kier molecular flexibility index (Phi) is 6.19. The SMILES string of the molecule is CC(C)CCC[C@@H](C)[C@H]1CC[C@H]2[C@@H]3CC[C@H]4CC(=O)C(=CO)C[C@]4(C)[C@H]3CC[C@]12C. The summed E-state index contributed by atoms with van der Waals surface area (Å²) in [6.07, 6.45) is 14.9. The van der Waals surface area contributed by atoms with Crippen molar-refractivity contribution in [2.24, 2.45) is 52.3 Å². The van der Waals surface area contributed by atoms with Crippen LogP contribution in [-0.4, -0.2) is 10.9 Å². The molecule has 4 fully saturated rings. The number of aliphatic hydroxyl groups excluding tert-OH is 1. The van der Waals surface area contributed by atoms with Crippen LogP contribution in [0.4, 0.5) is 0 Å². The maximum Gasteiger partial charge on any atom is 0.162 e. The van der Waals surface area contributed by atoms with Crippen molar-refractivity contribution >= 4 is 5.78 Å². The lowest BCUT2D eigenvalue weighted by atomic mass is 9.44. The van der Waals surface area contributed by atoms with Gasteiger partial charge in [0.1, 0.15) is 0 Å². The fourth-order valence-corrected chi connectivity index (χ4v) is 9.15. The summed E-state index contributed by atoms with van der Waals surface area (Å²) >= 11 is 0. The van der Waals surface area contributed by atoms with Crippen LogP contribution in [0.2, 0.25) is 0 Å². The van der Waals surface area contributed by atoms with E-state index in [1.165, 1.54) is 57.8 Å². The maximum absolute atomic E-state index is 12.4. The normalized spacial score (nSPS) is 45.9. The van der Waals surface area contributed by atoms with E-state index in [1.54, 1.807) is 0 Å². The molecule has 0 spiro atoms. The van der Waals surface area contributed by atoms with Gasteiger partial charge in [0.2, 0.25) is 0 Å². The Labute approximate surface area is 185 Å². The Morgan fingerprint density at radius 1 is 1.00 bits per heavy atom. The summed E-state index contributed by atoms with van der Waals surface area (Å²) in [5.41, 5.74) is 1.45. The third kappa shape index (κ3) is 3.58. The molecule has 0 aromatic carbocycles. The summed E-state index contributed by atoms with van der Waals surface area (Å²) in [5.74, 6) is 5.79. The Balaban J connectivity index is 1.50. The minimum Gasteiger partial charge on any atom is -0.515 e. The average molecular weight is 415 g/mol. The third-order valence-corrected chi connectivity index (χ3v) is 10.8.